The molecule has 2 saturated heterocycles. The average Bonchev–Trinajstić information content (AvgIpc) is 3.61. The Morgan fingerprint density at radius 2 is 0.939 bits per heavy atom. The molecule has 0 saturated carbocycles. The van der Waals surface area contributed by atoms with Crippen LogP contribution >= 0.6 is 34.0 Å². The van der Waals surface area contributed by atoms with Crippen LogP contribution in [0, 0.1) is 0 Å². The van der Waals surface area contributed by atoms with E-state index in [4.69, 9.17) is 9.47 Å². The first-order valence-corrected chi connectivity index (χ1v) is 14.7. The van der Waals surface area contributed by atoms with E-state index in [1.807, 2.05) is 34.0 Å². The van der Waals surface area contributed by atoms with Gasteiger partial charge in [-0.25, -0.2) is 0 Å². The first kappa shape index (κ1) is 23.7. The number of morpholine rings is 2. The van der Waals surface area contributed by atoms with E-state index in [-0.39, 0.29) is 0 Å². The van der Waals surface area contributed by atoms with E-state index in [1.54, 1.807) is 0 Å². The van der Waals surface area contributed by atoms with Crippen LogP contribution in [0.25, 0.3) is 19.5 Å². The molecule has 0 atom stereocenters. The molecule has 5 rings (SSSR count). The van der Waals surface area contributed by atoms with Gasteiger partial charge in [0.25, 0.3) is 0 Å². The standard InChI is InChI=1S/C26H34N2O2S3/c1(11-27-13-17-29-18-14-27)3-21-5-7-23(31-21)25-9-10-26(33-25)24-8-6-22(32-24)4-2-12-28-15-19-30-20-16-28/h5-10H,1-4,11-20H2. The van der Waals surface area contributed by atoms with Crippen LogP contribution in [0.1, 0.15) is 22.6 Å². The fraction of sp³-hybridized carbons (Fsp3) is 0.538. The summed E-state index contributed by atoms with van der Waals surface area (Å²) in [6.45, 7) is 10.3. The summed E-state index contributed by atoms with van der Waals surface area (Å²) in [7, 11) is 0. The Bertz CT molecular complexity index is 907. The average molecular weight is 503 g/mol. The molecule has 2 fully saturated rings. The van der Waals surface area contributed by atoms with Crippen molar-refractivity contribution < 1.29 is 9.47 Å². The molecule has 0 N–H and O–H groups in total. The number of nitrogens with zero attached hydrogens (tertiary/aromatic N) is 2. The first-order valence-electron chi connectivity index (χ1n) is 12.2. The Labute approximate surface area is 209 Å². The highest BCUT2D eigenvalue weighted by Gasteiger charge is 2.13. The van der Waals surface area contributed by atoms with Crippen LogP contribution in [0.3, 0.4) is 0 Å². The smallest absolute Gasteiger partial charge is 0.0594 e. The molecular formula is C26H34N2O2S3. The number of hydrogen-bond donors (Lipinski definition) is 0. The van der Waals surface area contributed by atoms with Crippen molar-refractivity contribution in [2.24, 2.45) is 0 Å². The monoisotopic (exact) mass is 502 g/mol. The summed E-state index contributed by atoms with van der Waals surface area (Å²) in [6.07, 6.45) is 4.83. The molecule has 0 bridgehead atoms. The molecule has 0 spiro atoms. The Hall–Kier alpha value is -1.06. The Morgan fingerprint density at radius 1 is 0.545 bits per heavy atom. The number of hydrogen-bond acceptors (Lipinski definition) is 7. The highest BCUT2D eigenvalue weighted by Crippen LogP contribution is 2.40. The lowest BCUT2D eigenvalue weighted by Gasteiger charge is -2.26. The maximum atomic E-state index is 5.45. The van der Waals surface area contributed by atoms with Crippen molar-refractivity contribution in [3.63, 3.8) is 0 Å². The molecule has 5 heterocycles. The second kappa shape index (κ2) is 12.1. The van der Waals surface area contributed by atoms with Crippen molar-refractivity contribution in [3.05, 3.63) is 46.2 Å². The molecule has 0 amide bonds. The van der Waals surface area contributed by atoms with Gasteiger partial charge < -0.3 is 9.47 Å². The zero-order valence-corrected chi connectivity index (χ0v) is 21.7. The second-order valence-electron chi connectivity index (χ2n) is 8.81. The molecule has 3 aromatic heterocycles. The summed E-state index contributed by atoms with van der Waals surface area (Å²) in [4.78, 5) is 13.7. The van der Waals surface area contributed by atoms with Crippen LogP contribution in [0.2, 0.25) is 0 Å². The zero-order valence-electron chi connectivity index (χ0n) is 19.3. The third-order valence-electron chi connectivity index (χ3n) is 6.42. The van der Waals surface area contributed by atoms with Crippen LogP contribution < -0.4 is 0 Å². The van der Waals surface area contributed by atoms with Crippen molar-refractivity contribution in [3.8, 4) is 19.5 Å². The summed E-state index contributed by atoms with van der Waals surface area (Å²) in [6, 6.07) is 13.9. The van der Waals surface area contributed by atoms with Crippen LogP contribution in [-0.2, 0) is 22.3 Å². The predicted molar refractivity (Wildman–Crippen MR) is 142 cm³/mol. The summed E-state index contributed by atoms with van der Waals surface area (Å²) in [5.74, 6) is 0. The van der Waals surface area contributed by atoms with Crippen LogP contribution in [0.4, 0.5) is 0 Å². The van der Waals surface area contributed by atoms with E-state index < -0.39 is 0 Å². The van der Waals surface area contributed by atoms with Crippen molar-refractivity contribution in [1.82, 2.24) is 9.80 Å². The first-order chi connectivity index (χ1) is 16.3. The minimum atomic E-state index is 0.893. The van der Waals surface area contributed by atoms with Gasteiger partial charge >= 0.3 is 0 Å². The van der Waals surface area contributed by atoms with Gasteiger partial charge in [-0.3, -0.25) is 9.80 Å². The molecule has 33 heavy (non-hydrogen) atoms. The van der Waals surface area contributed by atoms with Gasteiger partial charge in [0.05, 0.1) is 26.4 Å². The normalized spacial score (nSPS) is 18.2. The maximum absolute atomic E-state index is 5.45. The van der Waals surface area contributed by atoms with Gasteiger partial charge in [0, 0.05) is 55.4 Å². The van der Waals surface area contributed by atoms with Gasteiger partial charge in [-0.1, -0.05) is 0 Å². The third kappa shape index (κ3) is 6.75. The van der Waals surface area contributed by atoms with Crippen molar-refractivity contribution in [2.75, 3.05) is 65.7 Å². The number of thiophene rings is 3. The maximum Gasteiger partial charge on any atom is 0.0594 e. The fourth-order valence-electron chi connectivity index (χ4n) is 4.50. The lowest BCUT2D eigenvalue weighted by molar-refractivity contribution is 0.0374. The molecule has 0 unspecified atom stereocenters. The highest BCUT2D eigenvalue weighted by atomic mass is 32.1. The molecule has 2 aliphatic heterocycles. The lowest BCUT2D eigenvalue weighted by atomic mass is 10.2. The number of aryl methyl sites for hydroxylation is 2. The van der Waals surface area contributed by atoms with E-state index >= 15 is 0 Å². The van der Waals surface area contributed by atoms with Gasteiger partial charge in [0.2, 0.25) is 0 Å². The summed E-state index contributed by atoms with van der Waals surface area (Å²) in [5.41, 5.74) is 0. The SMILES string of the molecule is c1cc(-c2ccc(-c3ccc(CCCN4CCOCC4)s3)s2)sc1CCCN1CCOCC1. The second-order valence-corrected chi connectivity index (χ2v) is 12.2. The van der Waals surface area contributed by atoms with Gasteiger partial charge in [0.15, 0.2) is 0 Å². The summed E-state index contributed by atoms with van der Waals surface area (Å²) < 4.78 is 10.9. The van der Waals surface area contributed by atoms with E-state index in [1.165, 1.54) is 68.0 Å². The molecule has 178 valence electrons. The molecule has 4 nitrogen and oxygen atoms in total. The minimum absolute atomic E-state index is 0.893. The van der Waals surface area contributed by atoms with E-state index in [0.717, 1.165) is 52.6 Å². The molecule has 7 heteroatoms. The number of ether oxygens (including phenoxy) is 2. The van der Waals surface area contributed by atoms with Crippen LogP contribution in [0.15, 0.2) is 36.4 Å². The molecule has 0 aromatic carbocycles. The van der Waals surface area contributed by atoms with Crippen molar-refractivity contribution >= 4 is 34.0 Å². The largest absolute Gasteiger partial charge is 0.379 e. The van der Waals surface area contributed by atoms with Crippen molar-refractivity contribution in [1.29, 1.82) is 0 Å². The Morgan fingerprint density at radius 3 is 1.39 bits per heavy atom. The van der Waals surface area contributed by atoms with Crippen LogP contribution in [0.5, 0.6) is 0 Å². The Kier molecular flexibility index (Phi) is 8.66. The number of rotatable bonds is 10. The summed E-state index contributed by atoms with van der Waals surface area (Å²) >= 11 is 5.87. The molecule has 0 aliphatic carbocycles. The molecule has 0 radical (unpaired) electrons. The molecule has 2 aliphatic rings. The van der Waals surface area contributed by atoms with E-state index in [2.05, 4.69) is 46.2 Å². The van der Waals surface area contributed by atoms with Crippen LogP contribution in [-0.4, -0.2) is 75.5 Å². The van der Waals surface area contributed by atoms with Gasteiger partial charge in [-0.2, -0.15) is 0 Å². The quantitative estimate of drug-likeness (QED) is 0.353. The predicted octanol–water partition coefficient (Wildman–Crippen LogP) is 5.73. The van der Waals surface area contributed by atoms with E-state index in [9.17, 15) is 0 Å². The van der Waals surface area contributed by atoms with E-state index in [0.29, 0.717) is 0 Å². The highest BCUT2D eigenvalue weighted by molar-refractivity contribution is 7.26. The topological polar surface area (TPSA) is 24.9 Å². The van der Waals surface area contributed by atoms with Gasteiger partial charge in [-0.15, -0.1) is 34.0 Å². The van der Waals surface area contributed by atoms with Gasteiger partial charge in [-0.05, 0) is 75.2 Å². The fourth-order valence-corrected chi connectivity index (χ4v) is 7.78. The zero-order chi connectivity index (χ0) is 22.3. The minimum Gasteiger partial charge on any atom is -0.379 e. The summed E-state index contributed by atoms with van der Waals surface area (Å²) in [5, 5.41) is 0. The molecular weight excluding hydrogens is 468 g/mol. The molecule has 3 aromatic rings. The lowest BCUT2D eigenvalue weighted by Crippen LogP contribution is -2.36. The third-order valence-corrected chi connectivity index (χ3v) is 10.2. The van der Waals surface area contributed by atoms with Crippen molar-refractivity contribution in [2.45, 2.75) is 25.7 Å². The van der Waals surface area contributed by atoms with Gasteiger partial charge in [0.1, 0.15) is 0 Å². The Balaban J connectivity index is 1.10.